The summed E-state index contributed by atoms with van der Waals surface area (Å²) in [6, 6.07) is 0. The van der Waals surface area contributed by atoms with Crippen LogP contribution in [0.2, 0.25) is 0 Å². The molecule has 5 heterocycles. The molecule has 0 aromatic heterocycles. The highest BCUT2D eigenvalue weighted by molar-refractivity contribution is 5.82. The average molecular weight is 1290 g/mol. The Bertz CT molecular complexity index is 2300. The second-order valence-corrected chi connectivity index (χ2v) is 25.3. The number of rotatable bonds is 19. The van der Waals surface area contributed by atoms with E-state index in [1.165, 1.54) is 12.2 Å². The van der Waals surface area contributed by atoms with Gasteiger partial charge in [-0.15, -0.1) is 0 Å². The van der Waals surface area contributed by atoms with Crippen LogP contribution in [-0.4, -0.2) is 330 Å². The SMILES string of the molecule is O=C(C=CC1CCC(O)C(O[C@@H]2O[C@H](CO)[C@@H](O)[C@H](O)[C@H]2O)C1)OC[C@H]1O[C@@H](O[C@H]2[C@H](OC3CC4C(O[C@@H]5O[C@H](CO)[C@@H](O)[C@H](O)[C@H]5O)CC(O)CC4[OH+]C3C3CCC(O)C(O)C3)O[C@H](COC(=O)C=CC3CCC(O)C(O)C3)[C@@H](O)[C@@H]2O)[C@H](O)[C@@H](O)[C@@H]1O. The number of hydrogen-bond acceptors (Lipinski definition) is 31. The normalized spacial score (nSPS) is 50.1. The van der Waals surface area contributed by atoms with Crippen LogP contribution < -0.4 is 0 Å². The number of fused-ring (bicyclic) bond motifs is 1. The van der Waals surface area contributed by atoms with Crippen molar-refractivity contribution in [3.8, 4) is 0 Å². The van der Waals surface area contributed by atoms with Gasteiger partial charge in [0.05, 0.1) is 68.0 Å². The summed E-state index contributed by atoms with van der Waals surface area (Å²) in [6.07, 6.45) is -39.6. The van der Waals surface area contributed by atoms with E-state index in [0.29, 0.717) is 19.3 Å². The molecular formula is C57H91O32+. The predicted octanol–water partition coefficient (Wildman–Crippen LogP) is -8.78. The van der Waals surface area contributed by atoms with E-state index in [9.17, 15) is 107 Å². The Morgan fingerprint density at radius 1 is 0.404 bits per heavy atom. The molecule has 4 aliphatic carbocycles. The summed E-state index contributed by atoms with van der Waals surface area (Å²) in [7, 11) is 0. The average Bonchev–Trinajstić information content (AvgIpc) is 1.10. The predicted molar refractivity (Wildman–Crippen MR) is 290 cm³/mol. The van der Waals surface area contributed by atoms with Crippen LogP contribution >= 0.6 is 0 Å². The molecule has 0 spiro atoms. The molecule has 32 nitrogen and oxygen atoms in total. The van der Waals surface area contributed by atoms with Gasteiger partial charge in [-0.3, -0.25) is 0 Å². The van der Waals surface area contributed by atoms with Crippen molar-refractivity contribution in [3.05, 3.63) is 24.3 Å². The number of esters is 2. The Labute approximate surface area is 510 Å². The first-order valence-corrected chi connectivity index (χ1v) is 30.8. The molecule has 32 heteroatoms. The van der Waals surface area contributed by atoms with E-state index in [1.54, 1.807) is 0 Å². The van der Waals surface area contributed by atoms with Gasteiger partial charge >= 0.3 is 11.9 Å². The largest absolute Gasteiger partial charge is 0.460 e. The topological polar surface area (TPSA) is 524 Å². The van der Waals surface area contributed by atoms with Crippen molar-refractivity contribution in [2.75, 3.05) is 26.4 Å². The highest BCUT2D eigenvalue weighted by Gasteiger charge is 2.58. The van der Waals surface area contributed by atoms with E-state index in [0.717, 1.165) is 12.2 Å². The molecule has 20 N–H and O–H groups in total. The van der Waals surface area contributed by atoms with E-state index >= 15 is 0 Å². The quantitative estimate of drug-likeness (QED) is 0.0324. The second kappa shape index (κ2) is 31.2. The van der Waals surface area contributed by atoms with Gasteiger partial charge < -0.3 is 149 Å². The molecule has 9 fully saturated rings. The third-order valence-corrected chi connectivity index (χ3v) is 19.2. The molecule has 9 aliphatic rings. The first-order valence-electron chi connectivity index (χ1n) is 30.8. The molecular weight excluding hydrogens is 1200 g/mol. The molecule has 5 aliphatic heterocycles. The maximum atomic E-state index is 13.2. The minimum absolute atomic E-state index is 0.0119. The van der Waals surface area contributed by atoms with Gasteiger partial charge in [-0.1, -0.05) is 12.2 Å². The van der Waals surface area contributed by atoms with Crippen molar-refractivity contribution in [1.29, 1.82) is 0 Å². The molecule has 0 aromatic carbocycles. The second-order valence-electron chi connectivity index (χ2n) is 25.3. The standard InChI is InChI=1S/C57H90O32/c58-17-35-41(68)45(72)49(76)54(85-35)82-32-15-24(60)14-31-25(32)16-34(52(81-31)23-5-8-27(62)30(65)13-23)84-57-53(48(75)44(71)38(88-57)20-80-39(66)9-3-21-1-6-26(61)29(64)11-21)89-56-51(78)47(74)43(70)37(87-56)19-79-40(67)10-4-22-2-7-28(63)33(12-22)83-55-50(77)46(73)42(69)36(18-59)86-55/h3-4,9-10,21-38,41-65,68-78H,1-2,5-8,11-20H2/p+1/t21?,22?,23?,24?,25?,26?,27?,28?,29?,30?,31?,32?,33?,34?,35-,36-,37-,38-,41-,42-,43-,44-,45+,46+,47+,48+,49-,50-,51-,52?,53-,54-,55-,56+,57-/m1/s1. The van der Waals surface area contributed by atoms with Crippen LogP contribution in [0.25, 0.3) is 0 Å². The summed E-state index contributed by atoms with van der Waals surface area (Å²) >= 11 is 0. The molecule has 510 valence electrons. The zero-order valence-corrected chi connectivity index (χ0v) is 48.7. The molecule has 35 atom stereocenters. The van der Waals surface area contributed by atoms with Crippen LogP contribution in [0.1, 0.15) is 77.0 Å². The van der Waals surface area contributed by atoms with Crippen LogP contribution in [-0.2, 0) is 57.0 Å². The first-order chi connectivity index (χ1) is 42.3. The lowest BCUT2D eigenvalue weighted by Crippen LogP contribution is -2.66. The highest BCUT2D eigenvalue weighted by Crippen LogP contribution is 2.45. The van der Waals surface area contributed by atoms with Gasteiger partial charge in [-0.05, 0) is 76.0 Å². The van der Waals surface area contributed by atoms with Crippen molar-refractivity contribution >= 4 is 11.9 Å². The number of hydrogen-bond donors (Lipinski definition) is 19. The van der Waals surface area contributed by atoms with Gasteiger partial charge in [-0.2, -0.15) is 0 Å². The van der Waals surface area contributed by atoms with Gasteiger partial charge in [0, 0.05) is 30.9 Å². The lowest BCUT2D eigenvalue weighted by Gasteiger charge is -2.50. The Balaban J connectivity index is 0.921. The minimum atomic E-state index is -2.12. The third kappa shape index (κ3) is 16.7. The maximum Gasteiger partial charge on any atom is 0.330 e. The van der Waals surface area contributed by atoms with Gasteiger partial charge in [0.15, 0.2) is 37.4 Å². The Kier molecular flexibility index (Phi) is 24.8. The van der Waals surface area contributed by atoms with Crippen LogP contribution in [0, 0.1) is 23.7 Å². The number of aliphatic hydroxyl groups excluding tert-OH is 19. The zero-order chi connectivity index (χ0) is 64.3. The van der Waals surface area contributed by atoms with Crippen molar-refractivity contribution < 1.29 is 159 Å². The fraction of sp³-hybridized carbons (Fsp3) is 0.895. The molecule has 0 bridgehead atoms. The minimum Gasteiger partial charge on any atom is -0.460 e. The molecule has 0 radical (unpaired) electrons. The Morgan fingerprint density at radius 3 is 1.39 bits per heavy atom. The molecule has 0 aromatic rings. The molecule has 15 unspecified atom stereocenters. The number of carbonyl (C=O) groups excluding carboxylic acids is 2. The molecule has 89 heavy (non-hydrogen) atoms. The molecule has 0 amide bonds. The zero-order valence-electron chi connectivity index (χ0n) is 48.7. The van der Waals surface area contributed by atoms with Gasteiger partial charge in [0.2, 0.25) is 0 Å². The Morgan fingerprint density at radius 2 is 0.854 bits per heavy atom. The Hall–Kier alpha value is -2.70. The van der Waals surface area contributed by atoms with Crippen molar-refractivity contribution in [3.63, 3.8) is 0 Å². The lowest BCUT2D eigenvalue weighted by molar-refractivity contribution is -0.390. The smallest absolute Gasteiger partial charge is 0.330 e. The van der Waals surface area contributed by atoms with Crippen LogP contribution in [0.4, 0.5) is 0 Å². The fourth-order valence-electron chi connectivity index (χ4n) is 13.8. The van der Waals surface area contributed by atoms with Crippen molar-refractivity contribution in [1.82, 2.24) is 0 Å². The van der Waals surface area contributed by atoms with Gasteiger partial charge in [0.1, 0.15) is 117 Å². The van der Waals surface area contributed by atoms with E-state index in [-0.39, 0.29) is 63.7 Å². The summed E-state index contributed by atoms with van der Waals surface area (Å²) in [6.45, 7) is -2.98. The number of aliphatic hydroxyl groups is 21. The van der Waals surface area contributed by atoms with E-state index < -0.39 is 246 Å². The maximum absolute atomic E-state index is 13.2. The van der Waals surface area contributed by atoms with E-state index in [1.807, 2.05) is 0 Å². The van der Waals surface area contributed by atoms with Gasteiger partial charge in [-0.25, -0.2) is 9.59 Å². The summed E-state index contributed by atoms with van der Waals surface area (Å²) in [4.78, 5) is 26.4. The van der Waals surface area contributed by atoms with Crippen molar-refractivity contribution in [2.45, 2.75) is 267 Å². The van der Waals surface area contributed by atoms with Crippen LogP contribution in [0.5, 0.6) is 0 Å². The molecule has 5 saturated heterocycles. The lowest BCUT2D eigenvalue weighted by atomic mass is 9.72. The summed E-state index contributed by atoms with van der Waals surface area (Å²) in [5.41, 5.74) is 0. The number of allylic oxidation sites excluding steroid dienone is 2. The summed E-state index contributed by atoms with van der Waals surface area (Å²) in [5.74, 6) is -3.86. The van der Waals surface area contributed by atoms with E-state index in [4.69, 9.17) is 52.1 Å². The number of carbonyl (C=O) groups is 2. The first kappa shape index (κ1) is 70.6. The summed E-state index contributed by atoms with van der Waals surface area (Å²) in [5, 5.41) is 204. The fourth-order valence-corrected chi connectivity index (χ4v) is 13.8. The van der Waals surface area contributed by atoms with Gasteiger partial charge in [0.25, 0.3) is 0 Å². The number of ether oxygens (including phenoxy) is 11. The highest BCUT2D eigenvalue weighted by atomic mass is 16.8. The van der Waals surface area contributed by atoms with Crippen molar-refractivity contribution in [2.24, 2.45) is 23.7 Å². The monoisotopic (exact) mass is 1290 g/mol. The van der Waals surface area contributed by atoms with Crippen LogP contribution in [0.15, 0.2) is 24.3 Å². The van der Waals surface area contributed by atoms with Crippen LogP contribution in [0.3, 0.4) is 0 Å². The van der Waals surface area contributed by atoms with E-state index in [2.05, 4.69) is 0 Å². The third-order valence-electron chi connectivity index (χ3n) is 19.2. The molecule has 4 saturated carbocycles. The summed E-state index contributed by atoms with van der Waals surface area (Å²) < 4.78 is 64.4. The molecule has 9 rings (SSSR count).